The monoisotopic (exact) mass is 588 g/mol. The van der Waals surface area contributed by atoms with E-state index in [2.05, 4.69) is 180 Å². The molecule has 218 valence electrons. The van der Waals surface area contributed by atoms with Crippen LogP contribution in [0.15, 0.2) is 170 Å². The van der Waals surface area contributed by atoms with Crippen molar-refractivity contribution in [1.29, 1.82) is 0 Å². The normalized spacial score (nSPS) is 12.2. The SMILES string of the molecule is c1ccc(N(c2ccccc2)c2ccc3c(c2)Cc2c-3ccc3c2Cc2cc(N(c4ccccc4)c4ccccc4)ccc2-3)cc1. The van der Waals surface area contributed by atoms with E-state index >= 15 is 0 Å². The number of rotatable bonds is 6. The fraction of sp³-hybridized carbons (Fsp3) is 0.0455. The van der Waals surface area contributed by atoms with Gasteiger partial charge in [-0.15, -0.1) is 0 Å². The zero-order chi connectivity index (χ0) is 30.5. The molecule has 0 spiro atoms. The molecule has 0 fully saturated rings. The van der Waals surface area contributed by atoms with Crippen molar-refractivity contribution in [2.45, 2.75) is 12.8 Å². The van der Waals surface area contributed by atoms with Crippen LogP contribution in [0, 0.1) is 0 Å². The Labute approximate surface area is 270 Å². The summed E-state index contributed by atoms with van der Waals surface area (Å²) in [5.74, 6) is 0. The Hall–Kier alpha value is -5.86. The molecule has 9 rings (SSSR count). The average molecular weight is 589 g/mol. The summed E-state index contributed by atoms with van der Waals surface area (Å²) < 4.78 is 0. The lowest BCUT2D eigenvalue weighted by molar-refractivity contribution is 1.16. The van der Waals surface area contributed by atoms with Crippen LogP contribution in [0.2, 0.25) is 0 Å². The van der Waals surface area contributed by atoms with Crippen LogP contribution in [0.1, 0.15) is 22.3 Å². The lowest BCUT2D eigenvalue weighted by Gasteiger charge is -2.26. The summed E-state index contributed by atoms with van der Waals surface area (Å²) in [5, 5.41) is 0. The molecule has 7 aromatic rings. The van der Waals surface area contributed by atoms with Crippen molar-refractivity contribution in [3.63, 3.8) is 0 Å². The number of hydrogen-bond acceptors (Lipinski definition) is 2. The van der Waals surface area contributed by atoms with Crippen LogP contribution >= 0.6 is 0 Å². The Kier molecular flexibility index (Phi) is 6.31. The van der Waals surface area contributed by atoms with Gasteiger partial charge in [0.1, 0.15) is 0 Å². The summed E-state index contributed by atoms with van der Waals surface area (Å²) >= 11 is 0. The Balaban J connectivity index is 1.07. The van der Waals surface area contributed by atoms with E-state index < -0.39 is 0 Å². The molecule has 0 amide bonds. The third kappa shape index (κ3) is 4.42. The summed E-state index contributed by atoms with van der Waals surface area (Å²) in [5.41, 5.74) is 18.3. The van der Waals surface area contributed by atoms with Crippen molar-refractivity contribution >= 4 is 34.1 Å². The summed E-state index contributed by atoms with van der Waals surface area (Å²) in [6.07, 6.45) is 1.92. The molecule has 0 aliphatic heterocycles. The number of anilines is 6. The van der Waals surface area contributed by atoms with Gasteiger partial charge in [-0.3, -0.25) is 0 Å². The molecule has 0 saturated heterocycles. The second kappa shape index (κ2) is 10.9. The Morgan fingerprint density at radius 3 is 0.913 bits per heavy atom. The molecular formula is C44H32N2. The van der Waals surface area contributed by atoms with E-state index in [1.807, 2.05) is 0 Å². The second-order valence-electron chi connectivity index (χ2n) is 12.2. The first-order valence-corrected chi connectivity index (χ1v) is 16.0. The van der Waals surface area contributed by atoms with Crippen molar-refractivity contribution in [3.8, 4) is 22.3 Å². The van der Waals surface area contributed by atoms with Gasteiger partial charge in [-0.05, 0) is 130 Å². The van der Waals surface area contributed by atoms with E-state index in [0.717, 1.165) is 35.6 Å². The van der Waals surface area contributed by atoms with Gasteiger partial charge in [0.05, 0.1) is 0 Å². The maximum absolute atomic E-state index is 2.40. The number of nitrogens with zero attached hydrogens (tertiary/aromatic N) is 2. The summed E-state index contributed by atoms with van der Waals surface area (Å²) in [7, 11) is 0. The van der Waals surface area contributed by atoms with Crippen LogP contribution in [-0.4, -0.2) is 0 Å². The van der Waals surface area contributed by atoms with Crippen LogP contribution < -0.4 is 9.80 Å². The van der Waals surface area contributed by atoms with Crippen molar-refractivity contribution in [3.05, 3.63) is 192 Å². The lowest BCUT2D eigenvalue weighted by Crippen LogP contribution is -2.10. The molecule has 0 bridgehead atoms. The van der Waals surface area contributed by atoms with Gasteiger partial charge in [-0.25, -0.2) is 0 Å². The van der Waals surface area contributed by atoms with E-state index in [-0.39, 0.29) is 0 Å². The maximum Gasteiger partial charge on any atom is 0.0464 e. The van der Waals surface area contributed by atoms with Crippen LogP contribution in [0.5, 0.6) is 0 Å². The standard InChI is InChI=1S/C44H32N2/c1-5-13-33(14-6-1)45(34-15-7-2-8-16-34)37-21-23-39-31(27-37)29-43-41(39)25-26-42-40-24-22-38(28-32(40)30-44(42)43)46(35-17-9-3-10-18-35)36-19-11-4-12-20-36/h1-28H,29-30H2. The fourth-order valence-corrected chi connectivity index (χ4v) is 7.44. The highest BCUT2D eigenvalue weighted by atomic mass is 15.1. The molecule has 0 atom stereocenters. The molecule has 2 nitrogen and oxygen atoms in total. The quantitative estimate of drug-likeness (QED) is 0.191. The third-order valence-corrected chi connectivity index (χ3v) is 9.50. The summed E-state index contributed by atoms with van der Waals surface area (Å²) in [6, 6.07) is 61.4. The Morgan fingerprint density at radius 2 is 0.587 bits per heavy atom. The zero-order valence-corrected chi connectivity index (χ0v) is 25.5. The number of fused-ring (bicyclic) bond motifs is 7. The van der Waals surface area contributed by atoms with Gasteiger partial charge in [-0.1, -0.05) is 97.1 Å². The molecule has 46 heavy (non-hydrogen) atoms. The van der Waals surface area contributed by atoms with Gasteiger partial charge in [-0.2, -0.15) is 0 Å². The van der Waals surface area contributed by atoms with Gasteiger partial charge in [0, 0.05) is 34.1 Å². The van der Waals surface area contributed by atoms with Crippen LogP contribution in [-0.2, 0) is 12.8 Å². The first-order valence-electron chi connectivity index (χ1n) is 16.0. The number of para-hydroxylation sites is 4. The van der Waals surface area contributed by atoms with E-state index in [4.69, 9.17) is 0 Å². The highest BCUT2D eigenvalue weighted by Gasteiger charge is 2.29. The molecule has 0 saturated carbocycles. The van der Waals surface area contributed by atoms with Crippen molar-refractivity contribution in [2.24, 2.45) is 0 Å². The van der Waals surface area contributed by atoms with Gasteiger partial charge in [0.25, 0.3) is 0 Å². The van der Waals surface area contributed by atoms with Gasteiger partial charge < -0.3 is 9.80 Å². The Bertz CT molecular complexity index is 1950. The van der Waals surface area contributed by atoms with Gasteiger partial charge in [0.2, 0.25) is 0 Å². The smallest absolute Gasteiger partial charge is 0.0464 e. The minimum atomic E-state index is 0.958. The maximum atomic E-state index is 2.40. The molecule has 7 aromatic carbocycles. The minimum Gasteiger partial charge on any atom is -0.310 e. The molecule has 2 aliphatic rings. The molecular weight excluding hydrogens is 556 g/mol. The molecule has 0 aromatic heterocycles. The molecule has 0 radical (unpaired) electrons. The molecule has 2 aliphatic carbocycles. The van der Waals surface area contributed by atoms with Crippen molar-refractivity contribution < 1.29 is 0 Å². The van der Waals surface area contributed by atoms with Gasteiger partial charge >= 0.3 is 0 Å². The average Bonchev–Trinajstić information content (AvgIpc) is 3.68. The first kappa shape index (κ1) is 26.5. The predicted molar refractivity (Wildman–Crippen MR) is 192 cm³/mol. The highest BCUT2D eigenvalue weighted by Crippen LogP contribution is 2.49. The van der Waals surface area contributed by atoms with Crippen LogP contribution in [0.4, 0.5) is 34.1 Å². The lowest BCUT2D eigenvalue weighted by atomic mass is 9.96. The minimum absolute atomic E-state index is 0.958. The Morgan fingerprint density at radius 1 is 0.283 bits per heavy atom. The second-order valence-corrected chi connectivity index (χ2v) is 12.2. The van der Waals surface area contributed by atoms with E-state index in [0.29, 0.717) is 0 Å². The summed E-state index contributed by atoms with van der Waals surface area (Å²) in [4.78, 5) is 4.71. The topological polar surface area (TPSA) is 6.48 Å². The predicted octanol–water partition coefficient (Wildman–Crippen LogP) is 11.8. The number of hydrogen-bond donors (Lipinski definition) is 0. The van der Waals surface area contributed by atoms with E-state index in [1.165, 1.54) is 55.9 Å². The summed E-state index contributed by atoms with van der Waals surface area (Å²) in [6.45, 7) is 0. The third-order valence-electron chi connectivity index (χ3n) is 9.50. The highest BCUT2D eigenvalue weighted by molar-refractivity contribution is 5.90. The molecule has 0 heterocycles. The number of benzene rings is 7. The van der Waals surface area contributed by atoms with Crippen LogP contribution in [0.3, 0.4) is 0 Å². The molecule has 2 heteroatoms. The van der Waals surface area contributed by atoms with Crippen molar-refractivity contribution in [1.82, 2.24) is 0 Å². The fourth-order valence-electron chi connectivity index (χ4n) is 7.44. The van der Waals surface area contributed by atoms with E-state index in [9.17, 15) is 0 Å². The molecule has 0 N–H and O–H groups in total. The van der Waals surface area contributed by atoms with Crippen LogP contribution in [0.25, 0.3) is 22.3 Å². The largest absolute Gasteiger partial charge is 0.310 e. The zero-order valence-electron chi connectivity index (χ0n) is 25.5. The molecule has 0 unspecified atom stereocenters. The first-order chi connectivity index (χ1) is 22.8. The van der Waals surface area contributed by atoms with Gasteiger partial charge in [0.15, 0.2) is 0 Å². The van der Waals surface area contributed by atoms with E-state index in [1.54, 1.807) is 0 Å². The van der Waals surface area contributed by atoms with Crippen molar-refractivity contribution in [2.75, 3.05) is 9.80 Å².